The van der Waals surface area contributed by atoms with Gasteiger partial charge in [0.15, 0.2) is 16.4 Å². The summed E-state index contributed by atoms with van der Waals surface area (Å²) in [6.07, 6.45) is 1.76. The van der Waals surface area contributed by atoms with Gasteiger partial charge in [-0.1, -0.05) is 0 Å². The first-order valence-corrected chi connectivity index (χ1v) is 12.7. The van der Waals surface area contributed by atoms with Crippen LogP contribution in [0.3, 0.4) is 0 Å². The first-order valence-electron chi connectivity index (χ1n) is 10.8. The molecular weight excluding hydrogens is 458 g/mol. The van der Waals surface area contributed by atoms with Crippen molar-refractivity contribution in [3.63, 3.8) is 0 Å². The SMILES string of the molecule is CCOc1ccc(-n2c(C)cc(/C=C(\C#N)C(=O)OCC(=O)NC3CCS(=O)(=O)C3)c2C)cc1. The van der Waals surface area contributed by atoms with E-state index < -0.39 is 34.4 Å². The Balaban J connectivity index is 1.68. The minimum Gasteiger partial charge on any atom is -0.494 e. The number of hydrogen-bond acceptors (Lipinski definition) is 7. The molecule has 1 fully saturated rings. The third-order valence-electron chi connectivity index (χ3n) is 5.45. The molecule has 0 bridgehead atoms. The largest absolute Gasteiger partial charge is 0.494 e. The Bertz CT molecular complexity index is 1250. The quantitative estimate of drug-likeness (QED) is 0.345. The predicted molar refractivity (Wildman–Crippen MR) is 126 cm³/mol. The molecule has 1 aliphatic heterocycles. The van der Waals surface area contributed by atoms with Gasteiger partial charge in [-0.3, -0.25) is 4.79 Å². The average molecular weight is 486 g/mol. The molecule has 1 aliphatic rings. The van der Waals surface area contributed by atoms with E-state index in [-0.39, 0.29) is 17.1 Å². The monoisotopic (exact) mass is 485 g/mol. The Kier molecular flexibility index (Phi) is 7.79. The number of esters is 1. The van der Waals surface area contributed by atoms with Crippen LogP contribution < -0.4 is 10.1 Å². The number of benzene rings is 1. The number of rotatable bonds is 8. The standard InChI is InChI=1S/C24H27N3O6S/c1-4-32-22-7-5-21(6-8-22)27-16(2)11-18(17(27)3)12-19(13-25)24(29)33-14-23(28)26-20-9-10-34(30,31)15-20/h5-8,11-12,20H,4,9-10,14-15H2,1-3H3,(H,26,28)/b19-12+. The fourth-order valence-corrected chi connectivity index (χ4v) is 5.54. The molecule has 2 aromatic rings. The van der Waals surface area contributed by atoms with Crippen LogP contribution >= 0.6 is 0 Å². The van der Waals surface area contributed by atoms with Crippen LogP contribution in [0.25, 0.3) is 11.8 Å². The molecule has 34 heavy (non-hydrogen) atoms. The minimum atomic E-state index is -3.14. The average Bonchev–Trinajstić information content (AvgIpc) is 3.27. The van der Waals surface area contributed by atoms with Crippen LogP contribution in [0.1, 0.15) is 30.3 Å². The van der Waals surface area contributed by atoms with E-state index in [9.17, 15) is 23.3 Å². The molecule has 1 unspecified atom stereocenters. The van der Waals surface area contributed by atoms with Crippen LogP contribution in [0, 0.1) is 25.2 Å². The molecular formula is C24H27N3O6S. The van der Waals surface area contributed by atoms with Gasteiger partial charge in [0.05, 0.1) is 18.1 Å². The number of aromatic nitrogens is 1. The third kappa shape index (κ3) is 6.05. The number of carbonyl (C=O) groups excluding carboxylic acids is 2. The van der Waals surface area contributed by atoms with Crippen molar-refractivity contribution >= 4 is 27.8 Å². The highest BCUT2D eigenvalue weighted by Crippen LogP contribution is 2.24. The van der Waals surface area contributed by atoms with E-state index >= 15 is 0 Å². The van der Waals surface area contributed by atoms with Crippen molar-refractivity contribution in [3.05, 3.63) is 52.9 Å². The number of nitriles is 1. The van der Waals surface area contributed by atoms with Crippen molar-refractivity contribution < 1.29 is 27.5 Å². The number of carbonyl (C=O) groups is 2. The second-order valence-corrected chi connectivity index (χ2v) is 10.2. The Morgan fingerprint density at radius 2 is 1.97 bits per heavy atom. The minimum absolute atomic E-state index is 0.0220. The van der Waals surface area contributed by atoms with E-state index in [1.54, 1.807) is 0 Å². The summed E-state index contributed by atoms with van der Waals surface area (Å²) in [7, 11) is -3.14. The fourth-order valence-electron chi connectivity index (χ4n) is 3.87. The number of sulfone groups is 1. The van der Waals surface area contributed by atoms with Crippen molar-refractivity contribution in [2.75, 3.05) is 24.7 Å². The van der Waals surface area contributed by atoms with Crippen molar-refractivity contribution in [1.29, 1.82) is 5.26 Å². The van der Waals surface area contributed by atoms with Gasteiger partial charge in [-0.25, -0.2) is 13.2 Å². The van der Waals surface area contributed by atoms with E-state index in [0.717, 1.165) is 22.8 Å². The normalized spacial score (nSPS) is 17.1. The smallest absolute Gasteiger partial charge is 0.349 e. The van der Waals surface area contributed by atoms with Gasteiger partial charge in [0.25, 0.3) is 5.91 Å². The zero-order valence-electron chi connectivity index (χ0n) is 19.3. The molecule has 1 aromatic carbocycles. The van der Waals surface area contributed by atoms with E-state index in [1.165, 1.54) is 6.08 Å². The number of amides is 1. The summed E-state index contributed by atoms with van der Waals surface area (Å²) < 4.78 is 35.4. The van der Waals surface area contributed by atoms with Crippen LogP contribution in [0.2, 0.25) is 0 Å². The lowest BCUT2D eigenvalue weighted by atomic mass is 10.1. The maximum absolute atomic E-state index is 12.4. The molecule has 1 aromatic heterocycles. The summed E-state index contributed by atoms with van der Waals surface area (Å²) in [4.78, 5) is 24.4. The molecule has 2 heterocycles. The molecule has 1 saturated heterocycles. The van der Waals surface area contributed by atoms with Crippen molar-refractivity contribution in [2.24, 2.45) is 0 Å². The molecule has 9 nitrogen and oxygen atoms in total. The van der Waals surface area contributed by atoms with Crippen LogP contribution in [-0.4, -0.2) is 55.6 Å². The highest BCUT2D eigenvalue weighted by atomic mass is 32.2. The van der Waals surface area contributed by atoms with E-state index in [2.05, 4.69) is 5.32 Å². The molecule has 0 saturated carbocycles. The third-order valence-corrected chi connectivity index (χ3v) is 7.22. The van der Waals surface area contributed by atoms with Gasteiger partial charge in [-0.05, 0) is 69.2 Å². The highest BCUT2D eigenvalue weighted by Gasteiger charge is 2.29. The lowest BCUT2D eigenvalue weighted by molar-refractivity contribution is -0.144. The number of nitrogens with zero attached hydrogens (tertiary/aromatic N) is 2. The summed E-state index contributed by atoms with van der Waals surface area (Å²) in [5, 5.41) is 12.0. The lowest BCUT2D eigenvalue weighted by Gasteiger charge is -2.11. The van der Waals surface area contributed by atoms with Crippen molar-refractivity contribution in [2.45, 2.75) is 33.2 Å². The Morgan fingerprint density at radius 3 is 2.56 bits per heavy atom. The van der Waals surface area contributed by atoms with Gasteiger partial charge in [0.1, 0.15) is 17.4 Å². The van der Waals surface area contributed by atoms with Crippen molar-refractivity contribution in [1.82, 2.24) is 9.88 Å². The van der Waals surface area contributed by atoms with Gasteiger partial charge in [-0.2, -0.15) is 5.26 Å². The van der Waals surface area contributed by atoms with E-state index in [1.807, 2.05) is 61.7 Å². The fraction of sp³-hybridized carbons (Fsp3) is 0.375. The summed E-state index contributed by atoms with van der Waals surface area (Å²) >= 11 is 0. The number of aryl methyl sites for hydroxylation is 1. The van der Waals surface area contributed by atoms with Gasteiger partial charge < -0.3 is 19.4 Å². The maximum atomic E-state index is 12.4. The van der Waals surface area contributed by atoms with Crippen LogP contribution in [-0.2, 0) is 24.2 Å². The van der Waals surface area contributed by atoms with E-state index in [4.69, 9.17) is 9.47 Å². The maximum Gasteiger partial charge on any atom is 0.349 e. The summed E-state index contributed by atoms with van der Waals surface area (Å²) in [5.74, 6) is -0.875. The lowest BCUT2D eigenvalue weighted by Crippen LogP contribution is -2.38. The van der Waals surface area contributed by atoms with Gasteiger partial charge >= 0.3 is 5.97 Å². The molecule has 3 rings (SSSR count). The number of ether oxygens (including phenoxy) is 2. The molecule has 1 N–H and O–H groups in total. The van der Waals surface area contributed by atoms with E-state index in [0.29, 0.717) is 18.6 Å². The van der Waals surface area contributed by atoms with Crippen LogP contribution in [0.15, 0.2) is 35.9 Å². The summed E-state index contributed by atoms with van der Waals surface area (Å²) in [6, 6.07) is 10.8. The first-order chi connectivity index (χ1) is 16.1. The number of nitrogens with one attached hydrogen (secondary N) is 1. The topological polar surface area (TPSA) is 127 Å². The molecule has 0 aliphatic carbocycles. The summed E-state index contributed by atoms with van der Waals surface area (Å²) in [6.45, 7) is 5.68. The van der Waals surface area contributed by atoms with Gasteiger partial charge in [0.2, 0.25) is 0 Å². The summed E-state index contributed by atoms with van der Waals surface area (Å²) in [5.41, 5.74) is 3.06. The Labute approximate surface area is 198 Å². The zero-order chi connectivity index (χ0) is 24.9. The molecule has 1 atom stereocenters. The molecule has 1 amide bonds. The predicted octanol–water partition coefficient (Wildman–Crippen LogP) is 2.25. The highest BCUT2D eigenvalue weighted by molar-refractivity contribution is 7.91. The first kappa shape index (κ1) is 25.1. The molecule has 180 valence electrons. The Hall–Kier alpha value is -3.58. The molecule has 10 heteroatoms. The molecule has 0 spiro atoms. The van der Waals surface area contributed by atoms with Gasteiger partial charge in [0, 0.05) is 23.1 Å². The van der Waals surface area contributed by atoms with Crippen LogP contribution in [0.5, 0.6) is 5.75 Å². The zero-order valence-corrected chi connectivity index (χ0v) is 20.1. The molecule has 0 radical (unpaired) electrons. The van der Waals surface area contributed by atoms with Crippen molar-refractivity contribution in [3.8, 4) is 17.5 Å². The van der Waals surface area contributed by atoms with Gasteiger partial charge in [-0.15, -0.1) is 0 Å². The second-order valence-electron chi connectivity index (χ2n) is 8.00. The second kappa shape index (κ2) is 10.6. The number of hydrogen-bond donors (Lipinski definition) is 1. The van der Waals surface area contributed by atoms with Crippen LogP contribution in [0.4, 0.5) is 0 Å². The Morgan fingerprint density at radius 1 is 1.26 bits per heavy atom.